The Bertz CT molecular complexity index is 671. The fourth-order valence-corrected chi connectivity index (χ4v) is 1.67. The van der Waals surface area contributed by atoms with E-state index >= 15 is 0 Å². The number of halogens is 3. The zero-order valence-electron chi connectivity index (χ0n) is 10.8. The van der Waals surface area contributed by atoms with E-state index in [0.717, 1.165) is 10.9 Å². The van der Waals surface area contributed by atoms with Crippen LogP contribution in [0, 0.1) is 11.3 Å². The molecule has 1 aromatic carbocycles. The monoisotopic (exact) mass is 299 g/mol. The summed E-state index contributed by atoms with van der Waals surface area (Å²) in [6, 6.07) is 12.0. The molecule has 0 spiro atoms. The molecule has 0 saturated carbocycles. The van der Waals surface area contributed by atoms with Crippen LogP contribution in [-0.4, -0.2) is 28.4 Å². The lowest BCUT2D eigenvalue weighted by Gasteiger charge is -2.03. The molecule has 0 aliphatic heterocycles. The van der Waals surface area contributed by atoms with Crippen LogP contribution in [0.1, 0.15) is 5.69 Å². The number of hydrogen-bond acceptors (Lipinski definition) is 3. The van der Waals surface area contributed by atoms with Crippen LogP contribution in [0.3, 0.4) is 0 Å². The van der Waals surface area contributed by atoms with Gasteiger partial charge in [0.15, 0.2) is 0 Å². The van der Waals surface area contributed by atoms with Crippen LogP contribution in [0.5, 0.6) is 0 Å². The zero-order valence-corrected chi connectivity index (χ0v) is 10.8. The first-order valence-corrected chi connectivity index (χ1v) is 5.79. The van der Waals surface area contributed by atoms with Gasteiger partial charge >= 0.3 is 12.1 Å². The van der Waals surface area contributed by atoms with Crippen LogP contribution in [-0.2, 0) is 11.3 Å². The summed E-state index contributed by atoms with van der Waals surface area (Å²) in [4.78, 5) is 8.90. The summed E-state index contributed by atoms with van der Waals surface area (Å²) in [5.74, 6) is -2.76. The minimum absolute atomic E-state index is 0.549. The van der Waals surface area contributed by atoms with Crippen molar-refractivity contribution in [1.82, 2.24) is 4.57 Å². The van der Waals surface area contributed by atoms with Crippen LogP contribution < -0.4 is 5.73 Å². The van der Waals surface area contributed by atoms with Crippen LogP contribution in [0.2, 0.25) is 0 Å². The van der Waals surface area contributed by atoms with Crippen molar-refractivity contribution in [2.45, 2.75) is 12.7 Å². The highest BCUT2D eigenvalue weighted by molar-refractivity contribution is 5.82. The van der Waals surface area contributed by atoms with Crippen LogP contribution in [0.4, 0.5) is 13.2 Å². The maximum Gasteiger partial charge on any atom is 0.490 e. The van der Waals surface area contributed by atoms with Gasteiger partial charge < -0.3 is 15.4 Å². The van der Waals surface area contributed by atoms with Gasteiger partial charge in [0.25, 0.3) is 0 Å². The molecule has 0 amide bonds. The maximum absolute atomic E-state index is 10.6. The number of benzene rings is 1. The second-order valence-corrected chi connectivity index (χ2v) is 3.94. The lowest BCUT2D eigenvalue weighted by Crippen LogP contribution is -2.21. The van der Waals surface area contributed by atoms with Gasteiger partial charge in [0, 0.05) is 24.0 Å². The standard InChI is InChI=1S/C11H11N3.C2HF3O2/c12-5-6-14-10(8-13)7-9-3-1-2-4-11(9)14;3-2(4,5)1(6)7/h1-4,7H,5-6,12H2;(H,6,7). The largest absolute Gasteiger partial charge is 0.490 e. The van der Waals surface area contributed by atoms with E-state index in [4.69, 9.17) is 20.9 Å². The lowest BCUT2D eigenvalue weighted by molar-refractivity contribution is -0.192. The number of nitrogens with two attached hydrogens (primary N) is 1. The summed E-state index contributed by atoms with van der Waals surface area (Å²) < 4.78 is 33.7. The SMILES string of the molecule is N#Cc1cc2ccccc2n1CCN.O=C(O)C(F)(F)F. The fraction of sp³-hybridized carbons (Fsp3) is 0.231. The number of para-hydroxylation sites is 1. The molecule has 1 heterocycles. The predicted octanol–water partition coefficient (Wildman–Crippen LogP) is 2.10. The van der Waals surface area contributed by atoms with E-state index in [-0.39, 0.29) is 0 Å². The van der Waals surface area contributed by atoms with Gasteiger partial charge in [-0.2, -0.15) is 18.4 Å². The molecule has 8 heteroatoms. The molecule has 0 bridgehead atoms. The van der Waals surface area contributed by atoms with Crippen molar-refractivity contribution in [2.75, 3.05) is 6.54 Å². The average molecular weight is 299 g/mol. The van der Waals surface area contributed by atoms with Crippen LogP contribution >= 0.6 is 0 Å². The number of alkyl halides is 3. The van der Waals surface area contributed by atoms with Crippen molar-refractivity contribution in [3.8, 4) is 6.07 Å². The van der Waals surface area contributed by atoms with E-state index in [2.05, 4.69) is 6.07 Å². The van der Waals surface area contributed by atoms with E-state index in [1.165, 1.54) is 0 Å². The van der Waals surface area contributed by atoms with E-state index < -0.39 is 12.1 Å². The number of carbonyl (C=O) groups is 1. The second-order valence-electron chi connectivity index (χ2n) is 3.94. The average Bonchev–Trinajstić information content (AvgIpc) is 2.77. The van der Waals surface area contributed by atoms with Gasteiger partial charge in [-0.15, -0.1) is 0 Å². The second kappa shape index (κ2) is 6.76. The van der Waals surface area contributed by atoms with E-state index in [1.807, 2.05) is 34.9 Å². The number of fused-ring (bicyclic) bond motifs is 1. The van der Waals surface area contributed by atoms with Crippen molar-refractivity contribution in [1.29, 1.82) is 5.26 Å². The predicted molar refractivity (Wildman–Crippen MR) is 69.4 cm³/mol. The molecule has 112 valence electrons. The number of carboxylic acids is 1. The molecule has 1 aromatic heterocycles. The Kier molecular flexibility index (Phi) is 5.32. The molecule has 2 aromatic rings. The summed E-state index contributed by atoms with van der Waals surface area (Å²) in [5, 5.41) is 17.2. The Morgan fingerprint density at radius 2 is 1.95 bits per heavy atom. The molecule has 5 nitrogen and oxygen atoms in total. The van der Waals surface area contributed by atoms with Gasteiger partial charge in [-0.05, 0) is 12.1 Å². The molecule has 21 heavy (non-hydrogen) atoms. The highest BCUT2D eigenvalue weighted by Gasteiger charge is 2.38. The first-order valence-electron chi connectivity index (χ1n) is 5.79. The Morgan fingerprint density at radius 3 is 2.43 bits per heavy atom. The molecular weight excluding hydrogens is 287 g/mol. The molecule has 0 aliphatic rings. The summed E-state index contributed by atoms with van der Waals surface area (Å²) >= 11 is 0. The lowest BCUT2D eigenvalue weighted by atomic mass is 10.2. The molecule has 0 saturated heterocycles. The highest BCUT2D eigenvalue weighted by atomic mass is 19.4. The van der Waals surface area contributed by atoms with Crippen molar-refractivity contribution < 1.29 is 23.1 Å². The molecule has 0 atom stereocenters. The molecule has 2 rings (SSSR count). The Labute approximate surface area is 118 Å². The van der Waals surface area contributed by atoms with Crippen LogP contribution in [0.25, 0.3) is 10.9 Å². The zero-order chi connectivity index (χ0) is 16.0. The topological polar surface area (TPSA) is 92.0 Å². The van der Waals surface area contributed by atoms with Crippen molar-refractivity contribution in [2.24, 2.45) is 5.73 Å². The number of nitrogens with zero attached hydrogens (tertiary/aromatic N) is 2. The number of rotatable bonds is 2. The Balaban J connectivity index is 0.000000270. The quantitative estimate of drug-likeness (QED) is 0.888. The summed E-state index contributed by atoms with van der Waals surface area (Å²) in [5.41, 5.74) is 7.26. The number of aromatic nitrogens is 1. The third kappa shape index (κ3) is 4.22. The van der Waals surface area contributed by atoms with Gasteiger partial charge in [0.1, 0.15) is 11.8 Å². The summed E-state index contributed by atoms with van der Waals surface area (Å²) in [6.45, 7) is 1.24. The minimum Gasteiger partial charge on any atom is -0.475 e. The van der Waals surface area contributed by atoms with Crippen LogP contribution in [0.15, 0.2) is 30.3 Å². The number of hydrogen-bond donors (Lipinski definition) is 2. The van der Waals surface area contributed by atoms with E-state index in [1.54, 1.807) is 0 Å². The van der Waals surface area contributed by atoms with Gasteiger partial charge in [-0.25, -0.2) is 4.79 Å². The first-order chi connectivity index (χ1) is 9.81. The molecular formula is C13H12F3N3O2. The summed E-state index contributed by atoms with van der Waals surface area (Å²) in [7, 11) is 0. The molecule has 0 radical (unpaired) electrons. The third-order valence-corrected chi connectivity index (χ3v) is 2.52. The Hall–Kier alpha value is -2.53. The molecule has 0 unspecified atom stereocenters. The third-order valence-electron chi connectivity index (χ3n) is 2.52. The number of aliphatic carboxylic acids is 1. The molecule has 0 fully saturated rings. The normalized spacial score (nSPS) is 10.6. The van der Waals surface area contributed by atoms with Gasteiger partial charge in [0.2, 0.25) is 0 Å². The van der Waals surface area contributed by atoms with Crippen molar-refractivity contribution in [3.63, 3.8) is 0 Å². The summed E-state index contributed by atoms with van der Waals surface area (Å²) in [6.07, 6.45) is -5.08. The van der Waals surface area contributed by atoms with Gasteiger partial charge in [-0.3, -0.25) is 0 Å². The fourth-order valence-electron chi connectivity index (χ4n) is 1.67. The highest BCUT2D eigenvalue weighted by Crippen LogP contribution is 2.18. The smallest absolute Gasteiger partial charge is 0.475 e. The number of nitriles is 1. The number of carboxylic acid groups (broad SMARTS) is 1. The van der Waals surface area contributed by atoms with E-state index in [0.29, 0.717) is 18.8 Å². The van der Waals surface area contributed by atoms with Crippen molar-refractivity contribution in [3.05, 3.63) is 36.0 Å². The van der Waals surface area contributed by atoms with Gasteiger partial charge in [0.05, 0.1) is 0 Å². The Morgan fingerprint density at radius 1 is 1.38 bits per heavy atom. The maximum atomic E-state index is 10.6. The van der Waals surface area contributed by atoms with E-state index in [9.17, 15) is 13.2 Å². The molecule has 0 aliphatic carbocycles. The minimum atomic E-state index is -5.08. The van der Waals surface area contributed by atoms with Gasteiger partial charge in [-0.1, -0.05) is 18.2 Å². The molecule has 3 N–H and O–H groups in total. The first kappa shape index (κ1) is 16.5. The van der Waals surface area contributed by atoms with Crippen molar-refractivity contribution >= 4 is 16.9 Å².